The van der Waals surface area contributed by atoms with Gasteiger partial charge in [-0.25, -0.2) is 4.39 Å². The molecule has 2 rings (SSSR count). The fourth-order valence-corrected chi connectivity index (χ4v) is 3.30. The predicted molar refractivity (Wildman–Crippen MR) is 75.8 cm³/mol. The molecular formula is C15H18FNS. The number of aryl methyl sites for hydroxylation is 3. The third-order valence-corrected chi connectivity index (χ3v) is 4.21. The summed E-state index contributed by atoms with van der Waals surface area (Å²) in [6, 6.07) is 7.22. The second kappa shape index (κ2) is 5.21. The number of benzene rings is 1. The molecule has 96 valence electrons. The van der Waals surface area contributed by atoms with E-state index < -0.39 is 0 Å². The minimum atomic E-state index is -0.180. The van der Waals surface area contributed by atoms with Gasteiger partial charge >= 0.3 is 0 Å². The lowest BCUT2D eigenvalue weighted by Gasteiger charge is -2.19. The minimum Gasteiger partial charge on any atom is -0.309 e. The highest BCUT2D eigenvalue weighted by Crippen LogP contribution is 2.32. The smallest absolute Gasteiger partial charge is 0.123 e. The quantitative estimate of drug-likeness (QED) is 0.878. The molecule has 0 spiro atoms. The van der Waals surface area contributed by atoms with Gasteiger partial charge in [0, 0.05) is 9.75 Å². The monoisotopic (exact) mass is 263 g/mol. The van der Waals surface area contributed by atoms with Gasteiger partial charge in [-0.1, -0.05) is 6.07 Å². The van der Waals surface area contributed by atoms with Crippen LogP contribution in [0.5, 0.6) is 0 Å². The average Bonchev–Trinajstić information content (AvgIpc) is 2.64. The van der Waals surface area contributed by atoms with Crippen molar-refractivity contribution >= 4 is 11.3 Å². The molecular weight excluding hydrogens is 245 g/mol. The van der Waals surface area contributed by atoms with E-state index in [1.165, 1.54) is 21.4 Å². The van der Waals surface area contributed by atoms with Crippen LogP contribution in [0, 0.1) is 26.6 Å². The van der Waals surface area contributed by atoms with Crippen molar-refractivity contribution in [1.82, 2.24) is 5.32 Å². The molecule has 3 heteroatoms. The highest BCUT2D eigenvalue weighted by Gasteiger charge is 2.18. The van der Waals surface area contributed by atoms with Gasteiger partial charge in [0.1, 0.15) is 5.82 Å². The Labute approximate surface area is 112 Å². The van der Waals surface area contributed by atoms with E-state index in [0.29, 0.717) is 0 Å². The average molecular weight is 263 g/mol. The van der Waals surface area contributed by atoms with Gasteiger partial charge in [-0.05, 0) is 62.7 Å². The first kappa shape index (κ1) is 13.2. The number of halogens is 1. The van der Waals surface area contributed by atoms with Crippen LogP contribution in [0.15, 0.2) is 24.3 Å². The molecule has 0 saturated heterocycles. The van der Waals surface area contributed by atoms with Crippen LogP contribution in [0.25, 0.3) is 0 Å². The van der Waals surface area contributed by atoms with Crippen LogP contribution < -0.4 is 5.32 Å². The highest BCUT2D eigenvalue weighted by molar-refractivity contribution is 7.12. The second-order valence-electron chi connectivity index (χ2n) is 4.59. The van der Waals surface area contributed by atoms with Gasteiger partial charge in [0.05, 0.1) is 6.04 Å². The van der Waals surface area contributed by atoms with Crippen molar-refractivity contribution in [3.63, 3.8) is 0 Å². The summed E-state index contributed by atoms with van der Waals surface area (Å²) in [5, 5.41) is 3.30. The fraction of sp³-hybridized carbons (Fsp3) is 0.333. The van der Waals surface area contributed by atoms with Gasteiger partial charge in [-0.2, -0.15) is 0 Å². The SMILES string of the molecule is CNC(c1cc(F)ccc1C)c1cc(C)sc1C. The van der Waals surface area contributed by atoms with Crippen LogP contribution in [0.3, 0.4) is 0 Å². The Morgan fingerprint density at radius 1 is 1.11 bits per heavy atom. The maximum absolute atomic E-state index is 13.4. The Balaban J connectivity index is 2.51. The van der Waals surface area contributed by atoms with Crippen molar-refractivity contribution in [1.29, 1.82) is 0 Å². The second-order valence-corrected chi connectivity index (χ2v) is 6.05. The van der Waals surface area contributed by atoms with E-state index in [1.807, 2.05) is 20.0 Å². The molecule has 0 fully saturated rings. The molecule has 0 amide bonds. The third kappa shape index (κ3) is 2.47. The molecule has 0 aliphatic rings. The number of hydrogen-bond acceptors (Lipinski definition) is 2. The molecule has 1 unspecified atom stereocenters. The van der Waals surface area contributed by atoms with E-state index in [0.717, 1.165) is 11.1 Å². The summed E-state index contributed by atoms with van der Waals surface area (Å²) in [6.07, 6.45) is 0. The highest BCUT2D eigenvalue weighted by atomic mass is 32.1. The summed E-state index contributed by atoms with van der Waals surface area (Å²) in [6.45, 7) is 6.24. The van der Waals surface area contributed by atoms with E-state index in [9.17, 15) is 4.39 Å². The molecule has 0 radical (unpaired) electrons. The molecule has 18 heavy (non-hydrogen) atoms. The molecule has 0 aliphatic heterocycles. The van der Waals surface area contributed by atoms with Crippen LogP contribution in [-0.4, -0.2) is 7.05 Å². The number of thiophene rings is 1. The van der Waals surface area contributed by atoms with E-state index in [4.69, 9.17) is 0 Å². The molecule has 1 aromatic carbocycles. The van der Waals surface area contributed by atoms with Gasteiger partial charge in [-0.15, -0.1) is 11.3 Å². The maximum Gasteiger partial charge on any atom is 0.123 e. The summed E-state index contributed by atoms with van der Waals surface area (Å²) in [7, 11) is 1.92. The Kier molecular flexibility index (Phi) is 3.83. The fourth-order valence-electron chi connectivity index (χ4n) is 2.34. The van der Waals surface area contributed by atoms with Crippen LogP contribution in [0.4, 0.5) is 4.39 Å². The van der Waals surface area contributed by atoms with Crippen molar-refractivity contribution in [2.24, 2.45) is 0 Å². The summed E-state index contributed by atoms with van der Waals surface area (Å²) in [4.78, 5) is 2.58. The van der Waals surface area contributed by atoms with Crippen molar-refractivity contribution in [2.45, 2.75) is 26.8 Å². The lowest BCUT2D eigenvalue weighted by molar-refractivity contribution is 0.615. The normalized spacial score (nSPS) is 12.7. The van der Waals surface area contributed by atoms with E-state index in [1.54, 1.807) is 17.4 Å². The molecule has 1 N–H and O–H groups in total. The lowest BCUT2D eigenvalue weighted by Crippen LogP contribution is -2.19. The van der Waals surface area contributed by atoms with Crippen LogP contribution in [0.1, 0.15) is 32.5 Å². The summed E-state index contributed by atoms with van der Waals surface area (Å²) < 4.78 is 13.4. The molecule has 0 bridgehead atoms. The third-order valence-electron chi connectivity index (χ3n) is 3.23. The Morgan fingerprint density at radius 2 is 1.83 bits per heavy atom. The van der Waals surface area contributed by atoms with E-state index >= 15 is 0 Å². The Hall–Kier alpha value is -1.19. The summed E-state index contributed by atoms with van der Waals surface area (Å²) in [5.41, 5.74) is 3.37. The molecule has 2 aromatic rings. The summed E-state index contributed by atoms with van der Waals surface area (Å²) >= 11 is 1.78. The van der Waals surface area contributed by atoms with Crippen LogP contribution in [-0.2, 0) is 0 Å². The number of rotatable bonds is 3. The van der Waals surface area contributed by atoms with Gasteiger partial charge in [0.15, 0.2) is 0 Å². The first-order valence-electron chi connectivity index (χ1n) is 6.03. The molecule has 0 saturated carbocycles. The maximum atomic E-state index is 13.4. The van der Waals surface area contributed by atoms with E-state index in [2.05, 4.69) is 25.2 Å². The van der Waals surface area contributed by atoms with Gasteiger partial charge in [0.25, 0.3) is 0 Å². The largest absolute Gasteiger partial charge is 0.309 e. The molecule has 1 atom stereocenters. The zero-order valence-corrected chi connectivity index (χ0v) is 12.0. The van der Waals surface area contributed by atoms with Gasteiger partial charge in [-0.3, -0.25) is 0 Å². The first-order valence-corrected chi connectivity index (χ1v) is 6.85. The number of hydrogen-bond donors (Lipinski definition) is 1. The summed E-state index contributed by atoms with van der Waals surface area (Å²) in [5.74, 6) is -0.180. The van der Waals surface area contributed by atoms with Crippen molar-refractivity contribution < 1.29 is 4.39 Å². The Morgan fingerprint density at radius 3 is 2.39 bits per heavy atom. The molecule has 1 nitrogen and oxygen atoms in total. The first-order chi connectivity index (χ1) is 8.52. The van der Waals surface area contributed by atoms with Gasteiger partial charge in [0.2, 0.25) is 0 Å². The van der Waals surface area contributed by atoms with Crippen molar-refractivity contribution in [3.05, 3.63) is 56.5 Å². The van der Waals surface area contributed by atoms with E-state index in [-0.39, 0.29) is 11.9 Å². The topological polar surface area (TPSA) is 12.0 Å². The van der Waals surface area contributed by atoms with Crippen LogP contribution >= 0.6 is 11.3 Å². The van der Waals surface area contributed by atoms with Crippen molar-refractivity contribution in [2.75, 3.05) is 7.05 Å². The molecule has 1 heterocycles. The van der Waals surface area contributed by atoms with Gasteiger partial charge < -0.3 is 5.32 Å². The number of nitrogens with one attached hydrogen (secondary N) is 1. The molecule has 0 aliphatic carbocycles. The minimum absolute atomic E-state index is 0.0608. The zero-order valence-electron chi connectivity index (χ0n) is 11.2. The van der Waals surface area contributed by atoms with Crippen LogP contribution in [0.2, 0.25) is 0 Å². The standard InChI is InChI=1S/C15H18FNS/c1-9-5-6-12(16)8-13(9)15(17-4)14-7-10(2)18-11(14)3/h5-8,15,17H,1-4H3. The molecule has 1 aromatic heterocycles. The predicted octanol–water partition coefficient (Wildman–Crippen LogP) is 4.12. The Bertz CT molecular complexity index is 560. The lowest BCUT2D eigenvalue weighted by atomic mass is 9.95. The van der Waals surface area contributed by atoms with Crippen molar-refractivity contribution in [3.8, 4) is 0 Å². The zero-order chi connectivity index (χ0) is 13.3.